The van der Waals surface area contributed by atoms with E-state index >= 15 is 4.39 Å². The minimum absolute atomic E-state index is 0.0140. The fourth-order valence-electron chi connectivity index (χ4n) is 4.93. The highest BCUT2D eigenvalue weighted by atomic mass is 35.5. The number of benzene rings is 3. The van der Waals surface area contributed by atoms with Gasteiger partial charge in [0, 0.05) is 18.2 Å². The quantitative estimate of drug-likeness (QED) is 0.136. The van der Waals surface area contributed by atoms with Crippen molar-refractivity contribution in [1.82, 2.24) is 0 Å². The van der Waals surface area contributed by atoms with Gasteiger partial charge in [0.05, 0.1) is 27.8 Å². The maximum absolute atomic E-state index is 15.3. The number of ether oxygens (including phenoxy) is 1. The normalized spacial score (nSPS) is 17.5. The Kier molecular flexibility index (Phi) is 11.1. The molecule has 0 aromatic heterocycles. The summed E-state index contributed by atoms with van der Waals surface area (Å²) in [6.07, 6.45) is -5.09. The summed E-state index contributed by atoms with van der Waals surface area (Å²) in [5.41, 5.74) is -3.25. The lowest BCUT2D eigenvalue weighted by atomic mass is 10.0. The van der Waals surface area contributed by atoms with Gasteiger partial charge in [-0.1, -0.05) is 31.0 Å². The maximum atomic E-state index is 15.3. The van der Waals surface area contributed by atoms with Crippen molar-refractivity contribution in [2.45, 2.75) is 49.2 Å². The summed E-state index contributed by atoms with van der Waals surface area (Å²) in [7, 11) is 0. The highest BCUT2D eigenvalue weighted by molar-refractivity contribution is 6.53. The Hall–Kier alpha value is -3.52. The van der Waals surface area contributed by atoms with Crippen molar-refractivity contribution in [3.63, 3.8) is 0 Å². The van der Waals surface area contributed by atoms with Gasteiger partial charge >= 0.3 is 6.18 Å². The van der Waals surface area contributed by atoms with Crippen LogP contribution in [0.5, 0.6) is 0 Å². The first-order valence-electron chi connectivity index (χ1n) is 14.1. The van der Waals surface area contributed by atoms with E-state index in [1.807, 2.05) is 0 Å². The Morgan fingerprint density at radius 3 is 2.26 bits per heavy atom. The molecule has 3 N–H and O–H groups in total. The number of hydrogen-bond donors (Lipinski definition) is 3. The lowest BCUT2D eigenvalue weighted by Crippen LogP contribution is -2.31. The SMILES string of the molecule is CCCC(OCC)C(=O)Nc1c(F)ccc(NC(=O)c2cc(NC(=O)[C@H]3[C@H](c4ccc(F)c(C(F)(F)F)c4)C3(Cl)Cl)ccc2Cl)c1F. The molecule has 4 rings (SSSR count). The maximum Gasteiger partial charge on any atom is 0.419 e. The van der Waals surface area contributed by atoms with Gasteiger partial charge in [-0.2, -0.15) is 13.2 Å². The third-order valence-electron chi connectivity index (χ3n) is 7.27. The van der Waals surface area contributed by atoms with Gasteiger partial charge in [0.2, 0.25) is 5.91 Å². The van der Waals surface area contributed by atoms with E-state index in [0.29, 0.717) is 25.0 Å². The summed E-state index contributed by atoms with van der Waals surface area (Å²) in [5, 5.41) is 6.73. The Labute approximate surface area is 279 Å². The molecule has 252 valence electrons. The van der Waals surface area contributed by atoms with E-state index in [1.165, 1.54) is 12.1 Å². The highest BCUT2D eigenvalue weighted by Gasteiger charge is 2.67. The Morgan fingerprint density at radius 2 is 1.62 bits per heavy atom. The van der Waals surface area contributed by atoms with Crippen LogP contribution in [0, 0.1) is 23.4 Å². The topological polar surface area (TPSA) is 96.5 Å². The molecule has 1 aliphatic carbocycles. The number of amides is 3. The molecule has 1 saturated carbocycles. The largest absolute Gasteiger partial charge is 0.419 e. The van der Waals surface area contributed by atoms with E-state index in [1.54, 1.807) is 13.8 Å². The molecule has 3 atom stereocenters. The summed E-state index contributed by atoms with van der Waals surface area (Å²) < 4.78 is 86.8. The van der Waals surface area contributed by atoms with Crippen LogP contribution in [0.3, 0.4) is 0 Å². The average molecular weight is 725 g/mol. The van der Waals surface area contributed by atoms with Crippen LogP contribution in [0.4, 0.5) is 43.4 Å². The molecule has 0 bridgehead atoms. The number of anilines is 3. The Morgan fingerprint density at radius 1 is 0.936 bits per heavy atom. The van der Waals surface area contributed by atoms with Crippen molar-refractivity contribution in [3.05, 3.63) is 87.7 Å². The van der Waals surface area contributed by atoms with E-state index in [4.69, 9.17) is 39.5 Å². The van der Waals surface area contributed by atoms with Crippen LogP contribution in [-0.4, -0.2) is 34.8 Å². The molecule has 16 heteroatoms. The number of rotatable bonds is 11. The molecule has 0 aliphatic heterocycles. The van der Waals surface area contributed by atoms with Gasteiger partial charge in [-0.15, -0.1) is 23.2 Å². The number of halogens is 9. The van der Waals surface area contributed by atoms with E-state index in [2.05, 4.69) is 16.0 Å². The van der Waals surface area contributed by atoms with Crippen LogP contribution in [0.15, 0.2) is 48.5 Å². The van der Waals surface area contributed by atoms with E-state index in [-0.39, 0.29) is 28.4 Å². The van der Waals surface area contributed by atoms with Crippen molar-refractivity contribution < 1.29 is 45.5 Å². The molecule has 47 heavy (non-hydrogen) atoms. The van der Waals surface area contributed by atoms with Gasteiger partial charge in [0.15, 0.2) is 5.82 Å². The van der Waals surface area contributed by atoms with Gasteiger partial charge < -0.3 is 20.7 Å². The summed E-state index contributed by atoms with van der Waals surface area (Å²) in [6.45, 7) is 3.66. The number of carbonyl (C=O) groups is 3. The zero-order valence-electron chi connectivity index (χ0n) is 24.5. The zero-order valence-corrected chi connectivity index (χ0v) is 26.8. The van der Waals surface area contributed by atoms with Crippen LogP contribution < -0.4 is 16.0 Å². The van der Waals surface area contributed by atoms with E-state index in [9.17, 15) is 36.3 Å². The van der Waals surface area contributed by atoms with Crippen molar-refractivity contribution in [2.75, 3.05) is 22.6 Å². The molecule has 7 nitrogen and oxygen atoms in total. The van der Waals surface area contributed by atoms with Gasteiger partial charge in [0.25, 0.3) is 11.8 Å². The smallest absolute Gasteiger partial charge is 0.369 e. The number of alkyl halides is 5. The van der Waals surface area contributed by atoms with Crippen LogP contribution >= 0.6 is 34.8 Å². The minimum atomic E-state index is -5.00. The third-order valence-corrected chi connectivity index (χ3v) is 8.54. The fourth-order valence-corrected chi connectivity index (χ4v) is 5.96. The first kappa shape index (κ1) is 36.3. The highest BCUT2D eigenvalue weighted by Crippen LogP contribution is 2.65. The molecular formula is C31H26Cl3F6N3O4. The fraction of sp³-hybridized carbons (Fsp3) is 0.323. The number of hydrogen-bond acceptors (Lipinski definition) is 4. The van der Waals surface area contributed by atoms with Crippen molar-refractivity contribution in [2.24, 2.45) is 5.92 Å². The number of carbonyl (C=O) groups excluding carboxylic acids is 3. The Balaban J connectivity index is 1.51. The second-order valence-electron chi connectivity index (χ2n) is 10.5. The van der Waals surface area contributed by atoms with Crippen molar-refractivity contribution >= 4 is 69.6 Å². The van der Waals surface area contributed by atoms with Gasteiger partial charge in [0.1, 0.15) is 27.8 Å². The van der Waals surface area contributed by atoms with Crippen LogP contribution in [0.2, 0.25) is 5.02 Å². The first-order valence-corrected chi connectivity index (χ1v) is 15.2. The molecule has 1 fully saturated rings. The lowest BCUT2D eigenvalue weighted by Gasteiger charge is -2.17. The summed E-state index contributed by atoms with van der Waals surface area (Å²) in [6, 6.07) is 7.59. The molecule has 0 radical (unpaired) electrons. The molecule has 0 spiro atoms. The molecular weight excluding hydrogens is 699 g/mol. The molecule has 1 aliphatic rings. The monoisotopic (exact) mass is 723 g/mol. The molecule has 3 aromatic rings. The third kappa shape index (κ3) is 7.97. The Bertz CT molecular complexity index is 1700. The summed E-state index contributed by atoms with van der Waals surface area (Å²) >= 11 is 18.7. The first-order chi connectivity index (χ1) is 22.0. The second-order valence-corrected chi connectivity index (χ2v) is 12.4. The van der Waals surface area contributed by atoms with E-state index in [0.717, 1.165) is 24.3 Å². The van der Waals surface area contributed by atoms with Crippen LogP contribution in [0.1, 0.15) is 54.1 Å². The van der Waals surface area contributed by atoms with Gasteiger partial charge in [-0.05, 0) is 61.4 Å². The molecule has 0 saturated heterocycles. The molecule has 0 heterocycles. The van der Waals surface area contributed by atoms with Crippen molar-refractivity contribution in [3.8, 4) is 0 Å². The summed E-state index contributed by atoms with van der Waals surface area (Å²) in [5.74, 6) is -8.86. The van der Waals surface area contributed by atoms with Crippen LogP contribution in [0.25, 0.3) is 0 Å². The van der Waals surface area contributed by atoms with Crippen LogP contribution in [-0.2, 0) is 20.5 Å². The predicted octanol–water partition coefficient (Wildman–Crippen LogP) is 8.70. The zero-order chi connectivity index (χ0) is 34.8. The molecule has 3 aromatic carbocycles. The lowest BCUT2D eigenvalue weighted by molar-refractivity contribution is -0.140. The molecule has 1 unspecified atom stereocenters. The standard InChI is InChI=1S/C31H26Cl3F6N3O4/c1-3-5-22(47-4-2)28(45)43-26-20(36)10-11-21(25(26)37)42-27(44)16-13-15(7-8-18(16)32)41-29(46)24-23(30(24,33)34)14-6-9-19(35)17(12-14)31(38,39)40/h6-13,22-24H,3-5H2,1-2H3,(H,41,46)(H,42,44)(H,43,45)/t22?,23-,24+/m0/s1. The molecule has 3 amide bonds. The second kappa shape index (κ2) is 14.3. The van der Waals surface area contributed by atoms with Gasteiger partial charge in [-0.3, -0.25) is 14.4 Å². The van der Waals surface area contributed by atoms with E-state index < -0.39 is 80.6 Å². The summed E-state index contributed by atoms with van der Waals surface area (Å²) in [4.78, 5) is 38.8. The average Bonchev–Trinajstić information content (AvgIpc) is 3.58. The number of nitrogens with one attached hydrogen (secondary N) is 3. The van der Waals surface area contributed by atoms with Gasteiger partial charge in [-0.25, -0.2) is 13.2 Å². The predicted molar refractivity (Wildman–Crippen MR) is 165 cm³/mol. The minimum Gasteiger partial charge on any atom is -0.369 e. The van der Waals surface area contributed by atoms with Crippen molar-refractivity contribution in [1.29, 1.82) is 0 Å².